The Kier molecular flexibility index (Phi) is 4.02. The van der Waals surface area contributed by atoms with E-state index in [2.05, 4.69) is 18.7 Å². The smallest absolute Gasteiger partial charge is 0.338 e. The number of ether oxygens (including phenoxy) is 1. The molecule has 18 heavy (non-hydrogen) atoms. The summed E-state index contributed by atoms with van der Waals surface area (Å²) in [7, 11) is 1.43. The summed E-state index contributed by atoms with van der Waals surface area (Å²) in [6, 6.07) is 8.30. The molecule has 0 saturated carbocycles. The maximum absolute atomic E-state index is 11.7. The molecule has 1 aromatic carbocycles. The fraction of sp³-hybridized carbons (Fsp3) is 0.533. The minimum absolute atomic E-state index is 0.245. The average molecular weight is 247 g/mol. The van der Waals surface area contributed by atoms with E-state index in [1.54, 1.807) is 0 Å². The first kappa shape index (κ1) is 13.1. The van der Waals surface area contributed by atoms with Crippen LogP contribution in [0.15, 0.2) is 24.3 Å². The molecule has 1 aliphatic rings. The highest BCUT2D eigenvalue weighted by Crippen LogP contribution is 2.25. The number of esters is 1. The normalized spacial score (nSPS) is 24.2. The molecular formula is C15H21NO2. The molecule has 0 amide bonds. The van der Waals surface area contributed by atoms with Crippen molar-refractivity contribution < 1.29 is 9.53 Å². The van der Waals surface area contributed by atoms with Crippen molar-refractivity contribution in [1.82, 2.24) is 4.90 Å². The van der Waals surface area contributed by atoms with Crippen molar-refractivity contribution in [2.24, 2.45) is 5.92 Å². The fourth-order valence-corrected chi connectivity index (χ4v) is 2.79. The Morgan fingerprint density at radius 3 is 2.72 bits per heavy atom. The number of carbonyl (C=O) groups excluding carboxylic acids is 1. The van der Waals surface area contributed by atoms with Gasteiger partial charge >= 0.3 is 5.97 Å². The van der Waals surface area contributed by atoms with Crippen LogP contribution in [0.1, 0.15) is 36.2 Å². The van der Waals surface area contributed by atoms with E-state index in [0.29, 0.717) is 11.6 Å². The first-order valence-electron chi connectivity index (χ1n) is 6.52. The van der Waals surface area contributed by atoms with Crippen LogP contribution in [-0.4, -0.2) is 30.6 Å². The van der Waals surface area contributed by atoms with Gasteiger partial charge in [0.2, 0.25) is 0 Å². The molecule has 1 fully saturated rings. The molecule has 1 heterocycles. The van der Waals surface area contributed by atoms with Gasteiger partial charge in [0.15, 0.2) is 0 Å². The van der Waals surface area contributed by atoms with Crippen LogP contribution in [0.3, 0.4) is 0 Å². The summed E-state index contributed by atoms with van der Waals surface area (Å²) in [5, 5.41) is 0. The van der Waals surface area contributed by atoms with Crippen molar-refractivity contribution >= 4 is 5.97 Å². The van der Waals surface area contributed by atoms with Crippen molar-refractivity contribution in [1.29, 1.82) is 0 Å². The van der Waals surface area contributed by atoms with Crippen LogP contribution in [0.2, 0.25) is 0 Å². The molecule has 0 radical (unpaired) electrons. The summed E-state index contributed by atoms with van der Waals surface area (Å²) in [5.41, 5.74) is 1.75. The highest BCUT2D eigenvalue weighted by molar-refractivity contribution is 5.90. The van der Waals surface area contributed by atoms with E-state index in [0.717, 1.165) is 24.6 Å². The third-order valence-electron chi connectivity index (χ3n) is 3.71. The lowest BCUT2D eigenvalue weighted by atomic mass is 10.1. The second kappa shape index (κ2) is 5.53. The predicted molar refractivity (Wildman–Crippen MR) is 71.4 cm³/mol. The summed E-state index contributed by atoms with van der Waals surface area (Å²) < 4.78 is 4.83. The van der Waals surface area contributed by atoms with Crippen LogP contribution in [0.5, 0.6) is 0 Å². The fourth-order valence-electron chi connectivity index (χ4n) is 2.79. The molecule has 0 N–H and O–H groups in total. The van der Waals surface area contributed by atoms with Crippen molar-refractivity contribution in [2.45, 2.75) is 32.9 Å². The third kappa shape index (κ3) is 2.72. The van der Waals surface area contributed by atoms with Crippen LogP contribution in [0, 0.1) is 5.92 Å². The number of hydrogen-bond donors (Lipinski definition) is 0. The Labute approximate surface area is 109 Å². The molecule has 0 aromatic heterocycles. The first-order valence-corrected chi connectivity index (χ1v) is 6.52. The molecule has 0 bridgehead atoms. The summed E-state index contributed by atoms with van der Waals surface area (Å²) in [6.45, 7) is 6.47. The topological polar surface area (TPSA) is 29.5 Å². The van der Waals surface area contributed by atoms with Gasteiger partial charge < -0.3 is 4.74 Å². The van der Waals surface area contributed by atoms with Crippen LogP contribution < -0.4 is 0 Å². The SMILES string of the molecule is COC(=O)c1ccccc1CN1CC(C)CC1C. The molecule has 3 nitrogen and oxygen atoms in total. The molecule has 2 rings (SSSR count). The summed E-state index contributed by atoms with van der Waals surface area (Å²) >= 11 is 0. The number of hydrogen-bond acceptors (Lipinski definition) is 3. The van der Waals surface area contributed by atoms with Gasteiger partial charge in [-0.3, -0.25) is 4.90 Å². The third-order valence-corrected chi connectivity index (χ3v) is 3.71. The van der Waals surface area contributed by atoms with Gasteiger partial charge in [0, 0.05) is 19.1 Å². The predicted octanol–water partition coefficient (Wildman–Crippen LogP) is 2.70. The average Bonchev–Trinajstić information content (AvgIpc) is 2.67. The Bertz CT molecular complexity index is 430. The molecule has 0 spiro atoms. The second-order valence-corrected chi connectivity index (χ2v) is 5.27. The molecular weight excluding hydrogens is 226 g/mol. The highest BCUT2D eigenvalue weighted by Gasteiger charge is 2.26. The van der Waals surface area contributed by atoms with Crippen LogP contribution in [-0.2, 0) is 11.3 Å². The van der Waals surface area contributed by atoms with Crippen molar-refractivity contribution in [3.05, 3.63) is 35.4 Å². The molecule has 2 unspecified atom stereocenters. The molecule has 3 heteroatoms. The number of likely N-dealkylation sites (tertiary alicyclic amines) is 1. The summed E-state index contributed by atoms with van der Waals surface area (Å²) in [5.74, 6) is 0.496. The van der Waals surface area contributed by atoms with Gasteiger partial charge in [-0.25, -0.2) is 4.79 Å². The zero-order valence-electron chi connectivity index (χ0n) is 11.3. The molecule has 1 aromatic rings. The van der Waals surface area contributed by atoms with Crippen molar-refractivity contribution in [2.75, 3.05) is 13.7 Å². The Hall–Kier alpha value is -1.35. The van der Waals surface area contributed by atoms with E-state index < -0.39 is 0 Å². The number of benzene rings is 1. The van der Waals surface area contributed by atoms with E-state index in [9.17, 15) is 4.79 Å². The largest absolute Gasteiger partial charge is 0.465 e. The van der Waals surface area contributed by atoms with Gasteiger partial charge in [-0.1, -0.05) is 25.1 Å². The zero-order chi connectivity index (χ0) is 13.1. The summed E-state index contributed by atoms with van der Waals surface area (Å²) in [4.78, 5) is 14.2. The Balaban J connectivity index is 2.16. The highest BCUT2D eigenvalue weighted by atomic mass is 16.5. The van der Waals surface area contributed by atoms with E-state index in [4.69, 9.17) is 4.74 Å². The Morgan fingerprint density at radius 1 is 1.39 bits per heavy atom. The lowest BCUT2D eigenvalue weighted by molar-refractivity contribution is 0.0598. The standard InChI is InChI=1S/C15H21NO2/c1-11-8-12(2)16(9-11)10-13-6-4-5-7-14(13)15(17)18-3/h4-7,11-12H,8-10H2,1-3H3. The number of nitrogens with zero attached hydrogens (tertiary/aromatic N) is 1. The van der Waals surface area contributed by atoms with Crippen LogP contribution in [0.4, 0.5) is 0 Å². The van der Waals surface area contributed by atoms with Crippen molar-refractivity contribution in [3.8, 4) is 0 Å². The lowest BCUT2D eigenvalue weighted by Crippen LogP contribution is -2.27. The van der Waals surface area contributed by atoms with Crippen LogP contribution in [0.25, 0.3) is 0 Å². The van der Waals surface area contributed by atoms with E-state index in [1.807, 2.05) is 24.3 Å². The Morgan fingerprint density at radius 2 is 2.11 bits per heavy atom. The zero-order valence-corrected chi connectivity index (χ0v) is 11.3. The van der Waals surface area contributed by atoms with Gasteiger partial charge in [0.25, 0.3) is 0 Å². The van der Waals surface area contributed by atoms with Gasteiger partial charge in [-0.15, -0.1) is 0 Å². The maximum Gasteiger partial charge on any atom is 0.338 e. The van der Waals surface area contributed by atoms with Gasteiger partial charge in [0.05, 0.1) is 12.7 Å². The lowest BCUT2D eigenvalue weighted by Gasteiger charge is -2.22. The molecule has 2 atom stereocenters. The van der Waals surface area contributed by atoms with E-state index in [1.165, 1.54) is 13.5 Å². The number of rotatable bonds is 3. The van der Waals surface area contributed by atoms with Crippen LogP contribution >= 0.6 is 0 Å². The minimum Gasteiger partial charge on any atom is -0.465 e. The quantitative estimate of drug-likeness (QED) is 0.769. The van der Waals surface area contributed by atoms with Crippen molar-refractivity contribution in [3.63, 3.8) is 0 Å². The first-order chi connectivity index (χ1) is 8.61. The number of methoxy groups -OCH3 is 1. The second-order valence-electron chi connectivity index (χ2n) is 5.27. The molecule has 0 aliphatic carbocycles. The molecule has 98 valence electrons. The van der Waals surface area contributed by atoms with Gasteiger partial charge in [-0.2, -0.15) is 0 Å². The number of carbonyl (C=O) groups is 1. The minimum atomic E-state index is -0.245. The van der Waals surface area contributed by atoms with E-state index in [-0.39, 0.29) is 5.97 Å². The van der Waals surface area contributed by atoms with E-state index >= 15 is 0 Å². The molecule has 1 saturated heterocycles. The monoisotopic (exact) mass is 247 g/mol. The molecule has 1 aliphatic heterocycles. The maximum atomic E-state index is 11.7. The van der Waals surface area contributed by atoms with Gasteiger partial charge in [0.1, 0.15) is 0 Å². The van der Waals surface area contributed by atoms with Gasteiger partial charge in [-0.05, 0) is 30.9 Å². The summed E-state index contributed by atoms with van der Waals surface area (Å²) in [6.07, 6.45) is 1.24.